The summed E-state index contributed by atoms with van der Waals surface area (Å²) in [6, 6.07) is 0. The van der Waals surface area contributed by atoms with E-state index in [4.69, 9.17) is 0 Å². The van der Waals surface area contributed by atoms with Crippen molar-refractivity contribution in [3.05, 3.63) is 0 Å². The van der Waals surface area contributed by atoms with Crippen molar-refractivity contribution in [3.8, 4) is 0 Å². The number of Topliss-reactive ketones (excluding diaryl/α,β-unsaturated/α-hetero) is 1. The number of thioether (sulfide) groups is 1. The van der Waals surface area contributed by atoms with Crippen molar-refractivity contribution in [2.24, 2.45) is 0 Å². The van der Waals surface area contributed by atoms with E-state index in [1.54, 1.807) is 0 Å². The highest BCUT2D eigenvalue weighted by Crippen LogP contribution is 2.13. The number of carbonyl (C=O) groups is 2. The van der Waals surface area contributed by atoms with Crippen molar-refractivity contribution in [2.45, 2.75) is 71.1 Å². The number of nitrogens with zero attached hydrogens (tertiary/aromatic N) is 1. The molecule has 1 heterocycles. The normalized spacial score (nSPS) is 16.0. The molecule has 0 spiro atoms. The zero-order valence-corrected chi connectivity index (χ0v) is 14.4. The standard InChI is InChI=1S/C17H31NO2S/c1-2-3-14-21-15-11-16(19)9-6-8-13-18-12-7-4-5-10-17(18)20/h2-15H2,1H3. The van der Waals surface area contributed by atoms with Gasteiger partial charge in [-0.15, -0.1) is 0 Å². The van der Waals surface area contributed by atoms with Gasteiger partial charge < -0.3 is 4.90 Å². The number of ketones is 1. The first-order valence-electron chi connectivity index (χ1n) is 8.61. The molecule has 1 saturated heterocycles. The van der Waals surface area contributed by atoms with Crippen molar-refractivity contribution in [2.75, 3.05) is 24.6 Å². The van der Waals surface area contributed by atoms with Gasteiger partial charge in [0.15, 0.2) is 0 Å². The molecular formula is C17H31NO2S. The summed E-state index contributed by atoms with van der Waals surface area (Å²) < 4.78 is 0. The molecule has 1 amide bonds. The first kappa shape index (κ1) is 18.5. The Morgan fingerprint density at radius 2 is 1.95 bits per heavy atom. The molecule has 0 saturated carbocycles. The van der Waals surface area contributed by atoms with Gasteiger partial charge in [-0.3, -0.25) is 9.59 Å². The third-order valence-corrected chi connectivity index (χ3v) is 5.04. The maximum atomic E-state index is 11.8. The minimum absolute atomic E-state index is 0.311. The molecule has 0 aliphatic carbocycles. The summed E-state index contributed by atoms with van der Waals surface area (Å²) in [5.41, 5.74) is 0. The molecule has 122 valence electrons. The van der Waals surface area contributed by atoms with Crippen LogP contribution in [0.25, 0.3) is 0 Å². The Kier molecular flexibility index (Phi) is 10.7. The van der Waals surface area contributed by atoms with Gasteiger partial charge in [0.2, 0.25) is 5.91 Å². The van der Waals surface area contributed by atoms with Crippen LogP contribution in [0.5, 0.6) is 0 Å². The van der Waals surface area contributed by atoms with Gasteiger partial charge in [-0.05, 0) is 37.9 Å². The molecule has 0 radical (unpaired) electrons. The van der Waals surface area contributed by atoms with Gasteiger partial charge >= 0.3 is 0 Å². The Morgan fingerprint density at radius 3 is 2.76 bits per heavy atom. The van der Waals surface area contributed by atoms with Crippen LogP contribution in [0, 0.1) is 0 Å². The summed E-state index contributed by atoms with van der Waals surface area (Å²) in [5, 5.41) is 0. The highest BCUT2D eigenvalue weighted by atomic mass is 32.2. The topological polar surface area (TPSA) is 37.4 Å². The maximum absolute atomic E-state index is 11.8. The second kappa shape index (κ2) is 12.1. The van der Waals surface area contributed by atoms with Gasteiger partial charge in [0.05, 0.1) is 0 Å². The van der Waals surface area contributed by atoms with Crippen molar-refractivity contribution in [3.63, 3.8) is 0 Å². The second-order valence-corrected chi connectivity index (χ2v) is 7.13. The minimum Gasteiger partial charge on any atom is -0.343 e. The summed E-state index contributed by atoms with van der Waals surface area (Å²) in [5.74, 6) is 2.86. The van der Waals surface area contributed by atoms with Crippen LogP contribution >= 0.6 is 11.8 Å². The van der Waals surface area contributed by atoms with E-state index >= 15 is 0 Å². The number of unbranched alkanes of at least 4 members (excludes halogenated alkanes) is 2. The lowest BCUT2D eigenvalue weighted by atomic mass is 10.1. The molecule has 0 aromatic heterocycles. The summed E-state index contributed by atoms with van der Waals surface area (Å²) >= 11 is 1.90. The molecule has 0 aromatic rings. The molecule has 3 nitrogen and oxygen atoms in total. The van der Waals surface area contributed by atoms with E-state index in [1.807, 2.05) is 16.7 Å². The average Bonchev–Trinajstić information content (AvgIpc) is 2.68. The number of hydrogen-bond donors (Lipinski definition) is 0. The van der Waals surface area contributed by atoms with Gasteiger partial charge in [0.25, 0.3) is 0 Å². The lowest BCUT2D eigenvalue weighted by Gasteiger charge is -2.20. The van der Waals surface area contributed by atoms with E-state index in [2.05, 4.69) is 6.92 Å². The van der Waals surface area contributed by atoms with E-state index < -0.39 is 0 Å². The SMILES string of the molecule is CCCCSCCC(=O)CCCCN1CCCCCC1=O. The smallest absolute Gasteiger partial charge is 0.222 e. The Balaban J connectivity index is 1.99. The third kappa shape index (κ3) is 9.18. The monoisotopic (exact) mass is 313 g/mol. The van der Waals surface area contributed by atoms with E-state index in [-0.39, 0.29) is 0 Å². The van der Waals surface area contributed by atoms with Gasteiger partial charge in [-0.1, -0.05) is 19.8 Å². The van der Waals surface area contributed by atoms with Crippen LogP contribution in [-0.2, 0) is 9.59 Å². The van der Waals surface area contributed by atoms with Gasteiger partial charge in [-0.25, -0.2) is 0 Å². The number of amides is 1. The Hall–Kier alpha value is -0.510. The maximum Gasteiger partial charge on any atom is 0.222 e. The molecule has 1 fully saturated rings. The molecule has 0 atom stereocenters. The van der Waals surface area contributed by atoms with Gasteiger partial charge in [-0.2, -0.15) is 11.8 Å². The first-order chi connectivity index (χ1) is 10.2. The van der Waals surface area contributed by atoms with Crippen molar-refractivity contribution in [1.29, 1.82) is 0 Å². The quantitative estimate of drug-likeness (QED) is 0.540. The fourth-order valence-corrected chi connectivity index (χ4v) is 3.63. The van der Waals surface area contributed by atoms with Crippen molar-refractivity contribution in [1.82, 2.24) is 4.90 Å². The predicted octanol–water partition coefficient (Wildman–Crippen LogP) is 4.05. The lowest BCUT2D eigenvalue weighted by molar-refractivity contribution is -0.130. The van der Waals surface area contributed by atoms with Crippen LogP contribution in [-0.4, -0.2) is 41.2 Å². The van der Waals surface area contributed by atoms with E-state index in [0.717, 1.165) is 50.9 Å². The third-order valence-electron chi connectivity index (χ3n) is 3.97. The second-order valence-electron chi connectivity index (χ2n) is 5.90. The molecule has 0 aromatic carbocycles. The van der Waals surface area contributed by atoms with Crippen LogP contribution in [0.1, 0.15) is 71.1 Å². The number of carbonyl (C=O) groups excluding carboxylic acids is 2. The van der Waals surface area contributed by atoms with Crippen LogP contribution in [0.15, 0.2) is 0 Å². The molecule has 1 aliphatic rings. The van der Waals surface area contributed by atoms with Crippen LogP contribution in [0.3, 0.4) is 0 Å². The largest absolute Gasteiger partial charge is 0.343 e. The fourth-order valence-electron chi connectivity index (χ4n) is 2.56. The van der Waals surface area contributed by atoms with Gasteiger partial charge in [0.1, 0.15) is 5.78 Å². The van der Waals surface area contributed by atoms with Crippen LogP contribution in [0.2, 0.25) is 0 Å². The molecule has 0 bridgehead atoms. The number of rotatable bonds is 11. The summed E-state index contributed by atoms with van der Waals surface area (Å²) in [4.78, 5) is 25.6. The van der Waals surface area contributed by atoms with Crippen LogP contribution in [0.4, 0.5) is 0 Å². The molecule has 0 unspecified atom stereocenters. The summed E-state index contributed by atoms with van der Waals surface area (Å²) in [7, 11) is 0. The molecule has 1 rings (SSSR count). The molecule has 21 heavy (non-hydrogen) atoms. The Labute approximate surface area is 134 Å². The van der Waals surface area contributed by atoms with E-state index in [0.29, 0.717) is 24.5 Å². The fraction of sp³-hybridized carbons (Fsp3) is 0.882. The highest BCUT2D eigenvalue weighted by molar-refractivity contribution is 7.99. The molecular weight excluding hydrogens is 282 g/mol. The lowest BCUT2D eigenvalue weighted by Crippen LogP contribution is -2.31. The average molecular weight is 314 g/mol. The predicted molar refractivity (Wildman–Crippen MR) is 90.8 cm³/mol. The summed E-state index contributed by atoms with van der Waals surface area (Å²) in [6.45, 7) is 3.96. The first-order valence-corrected chi connectivity index (χ1v) is 9.76. The summed E-state index contributed by atoms with van der Waals surface area (Å²) in [6.07, 6.45) is 9.88. The van der Waals surface area contributed by atoms with Crippen molar-refractivity contribution < 1.29 is 9.59 Å². The minimum atomic E-state index is 0.311. The number of hydrogen-bond acceptors (Lipinski definition) is 3. The van der Waals surface area contributed by atoms with E-state index in [9.17, 15) is 9.59 Å². The molecule has 1 aliphatic heterocycles. The van der Waals surface area contributed by atoms with E-state index in [1.165, 1.54) is 25.0 Å². The Morgan fingerprint density at radius 1 is 1.10 bits per heavy atom. The molecule has 4 heteroatoms. The zero-order valence-electron chi connectivity index (χ0n) is 13.6. The molecule has 0 N–H and O–H groups in total. The van der Waals surface area contributed by atoms with Gasteiger partial charge in [0, 0.05) is 38.1 Å². The Bertz CT molecular complexity index is 307. The van der Waals surface area contributed by atoms with Crippen molar-refractivity contribution >= 4 is 23.5 Å². The highest BCUT2D eigenvalue weighted by Gasteiger charge is 2.15. The number of likely N-dealkylation sites (tertiary alicyclic amines) is 1. The zero-order chi connectivity index (χ0) is 15.3. The van der Waals surface area contributed by atoms with Crippen LogP contribution < -0.4 is 0 Å².